The maximum atomic E-state index is 12.8. The second-order valence-corrected chi connectivity index (χ2v) is 7.72. The molecule has 1 fully saturated rings. The predicted octanol–water partition coefficient (Wildman–Crippen LogP) is 4.26. The lowest BCUT2D eigenvalue weighted by molar-refractivity contribution is 0.0881. The van der Waals surface area contributed by atoms with Crippen molar-refractivity contribution in [3.63, 3.8) is 0 Å². The highest BCUT2D eigenvalue weighted by atomic mass is 35.5. The van der Waals surface area contributed by atoms with E-state index in [1.54, 1.807) is 30.1 Å². The van der Waals surface area contributed by atoms with Crippen molar-refractivity contribution in [2.45, 2.75) is 37.8 Å². The van der Waals surface area contributed by atoms with E-state index in [9.17, 15) is 4.79 Å². The highest BCUT2D eigenvalue weighted by Gasteiger charge is 2.25. The van der Waals surface area contributed by atoms with E-state index in [1.165, 1.54) is 0 Å². The zero-order valence-electron chi connectivity index (χ0n) is 16.2. The molecule has 1 amide bonds. The minimum absolute atomic E-state index is 0.0917. The largest absolute Gasteiger partial charge is 0.474 e. The van der Waals surface area contributed by atoms with Gasteiger partial charge in [0.1, 0.15) is 11.8 Å². The molecule has 4 rings (SSSR count). The van der Waals surface area contributed by atoms with Crippen LogP contribution in [0.4, 0.5) is 0 Å². The molecule has 0 bridgehead atoms. The predicted molar refractivity (Wildman–Crippen MR) is 112 cm³/mol. The van der Waals surface area contributed by atoms with Crippen molar-refractivity contribution in [1.82, 2.24) is 20.1 Å². The Bertz CT molecular complexity index is 964. The van der Waals surface area contributed by atoms with Gasteiger partial charge in [0.2, 0.25) is 5.88 Å². The quantitative estimate of drug-likeness (QED) is 0.682. The summed E-state index contributed by atoms with van der Waals surface area (Å²) in [6.45, 7) is 0. The van der Waals surface area contributed by atoms with Crippen LogP contribution in [-0.4, -0.2) is 32.8 Å². The smallest absolute Gasteiger partial charge is 0.269 e. The van der Waals surface area contributed by atoms with Gasteiger partial charge in [-0.3, -0.25) is 9.48 Å². The number of nitrogens with zero attached hydrogens (tertiary/aromatic N) is 3. The van der Waals surface area contributed by atoms with Crippen molar-refractivity contribution in [3.8, 4) is 17.1 Å². The van der Waals surface area contributed by atoms with Crippen molar-refractivity contribution in [2.75, 3.05) is 0 Å². The first-order valence-electron chi connectivity index (χ1n) is 9.77. The van der Waals surface area contributed by atoms with E-state index in [0.717, 1.165) is 36.9 Å². The lowest BCUT2D eigenvalue weighted by atomic mass is 9.93. The number of aryl methyl sites for hydroxylation is 1. The number of nitrogens with one attached hydrogen (secondary N) is 1. The molecular weight excluding hydrogens is 388 g/mol. The number of hydrogen-bond acceptors (Lipinski definition) is 4. The summed E-state index contributed by atoms with van der Waals surface area (Å²) in [6.07, 6.45) is 5.17. The van der Waals surface area contributed by atoms with Crippen LogP contribution in [0, 0.1) is 0 Å². The number of pyridine rings is 1. The Morgan fingerprint density at radius 1 is 1.14 bits per heavy atom. The molecule has 1 N–H and O–H groups in total. The van der Waals surface area contributed by atoms with Crippen LogP contribution < -0.4 is 10.1 Å². The monoisotopic (exact) mass is 410 g/mol. The van der Waals surface area contributed by atoms with Gasteiger partial charge in [-0.1, -0.05) is 41.9 Å². The first-order valence-corrected chi connectivity index (χ1v) is 10.1. The van der Waals surface area contributed by atoms with E-state index in [1.807, 2.05) is 36.4 Å². The molecule has 150 valence electrons. The average Bonchev–Trinajstić information content (AvgIpc) is 3.14. The zero-order valence-corrected chi connectivity index (χ0v) is 17.0. The van der Waals surface area contributed by atoms with E-state index in [2.05, 4.69) is 15.4 Å². The molecule has 0 radical (unpaired) electrons. The van der Waals surface area contributed by atoms with Gasteiger partial charge in [0.05, 0.1) is 10.7 Å². The van der Waals surface area contributed by atoms with E-state index in [0.29, 0.717) is 16.6 Å². The third-order valence-electron chi connectivity index (χ3n) is 5.18. The molecule has 7 heteroatoms. The van der Waals surface area contributed by atoms with Crippen LogP contribution in [0.2, 0.25) is 5.02 Å². The van der Waals surface area contributed by atoms with Crippen molar-refractivity contribution in [3.05, 3.63) is 65.4 Å². The molecule has 2 aromatic heterocycles. The summed E-state index contributed by atoms with van der Waals surface area (Å²) in [7, 11) is 1.80. The van der Waals surface area contributed by atoms with Gasteiger partial charge in [0, 0.05) is 30.9 Å². The number of aromatic nitrogens is 3. The summed E-state index contributed by atoms with van der Waals surface area (Å²) in [6, 6.07) is 15.4. The maximum absolute atomic E-state index is 12.8. The number of hydrogen-bond donors (Lipinski definition) is 1. The number of carbonyl (C=O) groups excluding carboxylic acids is 1. The van der Waals surface area contributed by atoms with Gasteiger partial charge in [-0.15, -0.1) is 0 Å². The first-order chi connectivity index (χ1) is 14.1. The molecular formula is C22H23ClN4O2. The van der Waals surface area contributed by atoms with Crippen LogP contribution in [0.3, 0.4) is 0 Å². The van der Waals surface area contributed by atoms with Gasteiger partial charge < -0.3 is 10.1 Å². The van der Waals surface area contributed by atoms with Crippen LogP contribution in [-0.2, 0) is 7.05 Å². The Balaban J connectivity index is 1.32. The summed E-state index contributed by atoms with van der Waals surface area (Å²) < 4.78 is 7.56. The fourth-order valence-corrected chi connectivity index (χ4v) is 3.73. The molecule has 0 spiro atoms. The lowest BCUT2D eigenvalue weighted by Gasteiger charge is -2.29. The van der Waals surface area contributed by atoms with Crippen LogP contribution in [0.15, 0.2) is 54.7 Å². The fraction of sp³-hybridized carbons (Fsp3) is 0.318. The number of rotatable bonds is 5. The topological polar surface area (TPSA) is 69.0 Å². The van der Waals surface area contributed by atoms with Gasteiger partial charge in [-0.05, 0) is 37.8 Å². The first kappa shape index (κ1) is 19.5. The Morgan fingerprint density at radius 2 is 1.90 bits per heavy atom. The highest BCUT2D eigenvalue weighted by Crippen LogP contribution is 2.24. The lowest BCUT2D eigenvalue weighted by Crippen LogP contribution is -2.40. The second-order valence-electron chi connectivity index (χ2n) is 7.28. The number of amides is 1. The van der Waals surface area contributed by atoms with Crippen LogP contribution >= 0.6 is 11.6 Å². The Labute approximate surface area is 174 Å². The summed E-state index contributed by atoms with van der Waals surface area (Å²) in [5, 5.41) is 8.22. The number of ether oxygens (including phenoxy) is 1. The van der Waals surface area contributed by atoms with Crippen molar-refractivity contribution in [1.29, 1.82) is 0 Å². The summed E-state index contributed by atoms with van der Waals surface area (Å²) >= 11 is 5.86. The van der Waals surface area contributed by atoms with Crippen molar-refractivity contribution in [2.24, 2.45) is 7.05 Å². The molecule has 2 heterocycles. The molecule has 3 aromatic rings. The van der Waals surface area contributed by atoms with Crippen molar-refractivity contribution < 1.29 is 9.53 Å². The van der Waals surface area contributed by atoms with E-state index in [4.69, 9.17) is 16.3 Å². The second kappa shape index (κ2) is 8.66. The van der Waals surface area contributed by atoms with Gasteiger partial charge in [-0.2, -0.15) is 5.10 Å². The normalized spacial score (nSPS) is 19.0. The molecule has 0 unspecified atom stereocenters. The van der Waals surface area contributed by atoms with Gasteiger partial charge >= 0.3 is 0 Å². The molecule has 6 nitrogen and oxygen atoms in total. The summed E-state index contributed by atoms with van der Waals surface area (Å²) in [4.78, 5) is 16.9. The molecule has 29 heavy (non-hydrogen) atoms. The highest BCUT2D eigenvalue weighted by molar-refractivity contribution is 6.30. The number of benzene rings is 1. The van der Waals surface area contributed by atoms with Crippen LogP contribution in [0.1, 0.15) is 36.2 Å². The SMILES string of the molecule is Cn1nc(-c2ccccc2)cc1C(=O)NC1CCC(Oc2ccc(Cl)cn2)CC1. The van der Waals surface area contributed by atoms with E-state index < -0.39 is 0 Å². The van der Waals surface area contributed by atoms with Gasteiger partial charge in [0.25, 0.3) is 5.91 Å². The maximum Gasteiger partial charge on any atom is 0.269 e. The summed E-state index contributed by atoms with van der Waals surface area (Å²) in [5.41, 5.74) is 2.36. The number of carbonyl (C=O) groups is 1. The van der Waals surface area contributed by atoms with Gasteiger partial charge in [0.15, 0.2) is 0 Å². The van der Waals surface area contributed by atoms with E-state index >= 15 is 0 Å². The standard InChI is InChI=1S/C22H23ClN4O2/c1-27-20(13-19(26-27)15-5-3-2-4-6-15)22(28)25-17-8-10-18(11-9-17)29-21-12-7-16(23)14-24-21/h2-7,12-14,17-18H,8-11H2,1H3,(H,25,28). The Morgan fingerprint density at radius 3 is 2.59 bits per heavy atom. The molecule has 1 aromatic carbocycles. The average molecular weight is 411 g/mol. The van der Waals surface area contributed by atoms with Crippen LogP contribution in [0.5, 0.6) is 5.88 Å². The zero-order chi connectivity index (χ0) is 20.2. The molecule has 1 saturated carbocycles. The molecule has 0 saturated heterocycles. The van der Waals surface area contributed by atoms with E-state index in [-0.39, 0.29) is 18.1 Å². The minimum Gasteiger partial charge on any atom is -0.474 e. The third-order valence-corrected chi connectivity index (χ3v) is 5.40. The number of halogens is 1. The Hall–Kier alpha value is -2.86. The van der Waals surface area contributed by atoms with Crippen molar-refractivity contribution >= 4 is 17.5 Å². The molecule has 1 aliphatic carbocycles. The molecule has 0 atom stereocenters. The van der Waals surface area contributed by atoms with Gasteiger partial charge in [-0.25, -0.2) is 4.98 Å². The minimum atomic E-state index is -0.0917. The van der Waals surface area contributed by atoms with Crippen LogP contribution in [0.25, 0.3) is 11.3 Å². The summed E-state index contributed by atoms with van der Waals surface area (Å²) in [5.74, 6) is 0.496. The fourth-order valence-electron chi connectivity index (χ4n) is 3.62. The molecule has 1 aliphatic rings. The molecule has 0 aliphatic heterocycles. The third kappa shape index (κ3) is 4.77. The Kier molecular flexibility index (Phi) is 5.81.